The number of nitrogens with zero attached hydrogens (tertiary/aromatic N) is 1. The Bertz CT molecular complexity index is 585. The van der Waals surface area contributed by atoms with Crippen LogP contribution in [0, 0.1) is 0 Å². The summed E-state index contributed by atoms with van der Waals surface area (Å²) >= 11 is 0. The van der Waals surface area contributed by atoms with Gasteiger partial charge in [0.25, 0.3) is 5.91 Å². The fourth-order valence-corrected chi connectivity index (χ4v) is 2.94. The second-order valence-corrected chi connectivity index (χ2v) is 7.40. The minimum atomic E-state index is -0.262. The Hall–Kier alpha value is -2.04. The first-order valence-corrected chi connectivity index (χ1v) is 8.76. The molecule has 132 valence electrons. The topological polar surface area (TPSA) is 61.4 Å². The Labute approximate surface area is 144 Å². The third kappa shape index (κ3) is 4.98. The van der Waals surface area contributed by atoms with Gasteiger partial charge in [0.15, 0.2) is 0 Å². The van der Waals surface area contributed by atoms with Crippen LogP contribution in [0.25, 0.3) is 0 Å². The summed E-state index contributed by atoms with van der Waals surface area (Å²) in [6.07, 6.45) is 2.33. The van der Waals surface area contributed by atoms with E-state index < -0.39 is 0 Å². The van der Waals surface area contributed by atoms with Crippen LogP contribution in [0.2, 0.25) is 0 Å². The van der Waals surface area contributed by atoms with Gasteiger partial charge in [0.05, 0.1) is 5.56 Å². The number of carbonyl (C=O) groups is 2. The molecule has 0 aromatic heterocycles. The zero-order valence-electron chi connectivity index (χ0n) is 15.2. The third-order valence-electron chi connectivity index (χ3n) is 4.16. The van der Waals surface area contributed by atoms with Gasteiger partial charge in [0.1, 0.15) is 0 Å². The first-order chi connectivity index (χ1) is 11.3. The molecular formula is C19H29N3O2. The molecule has 1 saturated heterocycles. The van der Waals surface area contributed by atoms with Crippen LogP contribution in [0.5, 0.6) is 0 Å². The van der Waals surface area contributed by atoms with Crippen LogP contribution in [-0.4, -0.2) is 36.5 Å². The number of amides is 2. The number of benzene rings is 1. The maximum absolute atomic E-state index is 12.6. The van der Waals surface area contributed by atoms with Crippen molar-refractivity contribution in [2.75, 3.05) is 18.0 Å². The van der Waals surface area contributed by atoms with E-state index in [9.17, 15) is 9.59 Å². The molecule has 2 rings (SSSR count). The second-order valence-electron chi connectivity index (χ2n) is 7.40. The molecule has 0 unspecified atom stereocenters. The van der Waals surface area contributed by atoms with Crippen LogP contribution in [0.3, 0.4) is 0 Å². The number of hydrogen-bond acceptors (Lipinski definition) is 3. The largest absolute Gasteiger partial charge is 0.371 e. The predicted octanol–water partition coefficient (Wildman–Crippen LogP) is 2.71. The van der Waals surface area contributed by atoms with Gasteiger partial charge in [0.2, 0.25) is 5.91 Å². The van der Waals surface area contributed by atoms with Gasteiger partial charge < -0.3 is 15.5 Å². The van der Waals surface area contributed by atoms with E-state index in [0.29, 0.717) is 12.0 Å². The Balaban J connectivity index is 2.06. The molecule has 5 nitrogen and oxygen atoms in total. The molecule has 24 heavy (non-hydrogen) atoms. The average Bonchev–Trinajstić information content (AvgIpc) is 2.54. The normalized spacial score (nSPS) is 15.9. The van der Waals surface area contributed by atoms with Crippen molar-refractivity contribution >= 4 is 17.5 Å². The maximum atomic E-state index is 12.6. The molecule has 0 saturated carbocycles. The third-order valence-corrected chi connectivity index (χ3v) is 4.16. The van der Waals surface area contributed by atoms with E-state index >= 15 is 0 Å². The summed E-state index contributed by atoms with van der Waals surface area (Å²) in [5.74, 6) is 0.0675. The molecule has 0 spiro atoms. The standard InChI is InChI=1S/C19H29N3O2/c1-5-17(23)20-14-10-12-22(13-11-14)16-9-7-6-8-15(16)18(24)21-19(2,3)4/h6-9,14H,5,10-13H2,1-4H3,(H,20,23)(H,21,24). The summed E-state index contributed by atoms with van der Waals surface area (Å²) in [5.41, 5.74) is 1.42. The van der Waals surface area contributed by atoms with Crippen molar-refractivity contribution in [2.24, 2.45) is 0 Å². The molecular weight excluding hydrogens is 302 g/mol. The molecule has 1 fully saturated rings. The van der Waals surface area contributed by atoms with E-state index in [1.165, 1.54) is 0 Å². The summed E-state index contributed by atoms with van der Waals surface area (Å²) in [6, 6.07) is 7.98. The fraction of sp³-hybridized carbons (Fsp3) is 0.579. The number of carbonyl (C=O) groups excluding carboxylic acids is 2. The van der Waals surface area contributed by atoms with Gasteiger partial charge in [-0.1, -0.05) is 19.1 Å². The number of anilines is 1. The number of para-hydroxylation sites is 1. The van der Waals surface area contributed by atoms with Crippen LogP contribution in [0.4, 0.5) is 5.69 Å². The van der Waals surface area contributed by atoms with E-state index in [2.05, 4.69) is 15.5 Å². The van der Waals surface area contributed by atoms with Crippen molar-refractivity contribution in [3.8, 4) is 0 Å². The molecule has 1 aliphatic rings. The van der Waals surface area contributed by atoms with E-state index in [-0.39, 0.29) is 23.4 Å². The summed E-state index contributed by atoms with van der Waals surface area (Å²) < 4.78 is 0. The number of hydrogen-bond donors (Lipinski definition) is 2. The molecule has 1 aromatic rings. The summed E-state index contributed by atoms with van der Waals surface area (Å²) in [5, 5.41) is 6.10. The summed E-state index contributed by atoms with van der Waals surface area (Å²) in [7, 11) is 0. The first-order valence-electron chi connectivity index (χ1n) is 8.76. The molecule has 5 heteroatoms. The lowest BCUT2D eigenvalue weighted by Crippen LogP contribution is -2.45. The van der Waals surface area contributed by atoms with Crippen molar-refractivity contribution < 1.29 is 9.59 Å². The zero-order valence-corrected chi connectivity index (χ0v) is 15.2. The van der Waals surface area contributed by atoms with Gasteiger partial charge in [-0.3, -0.25) is 9.59 Å². The van der Waals surface area contributed by atoms with E-state index in [0.717, 1.165) is 31.6 Å². The van der Waals surface area contributed by atoms with Gasteiger partial charge in [-0.05, 0) is 45.7 Å². The highest BCUT2D eigenvalue weighted by molar-refractivity contribution is 6.00. The molecule has 2 amide bonds. The quantitative estimate of drug-likeness (QED) is 0.892. The molecule has 0 atom stereocenters. The first kappa shape index (κ1) is 18.3. The number of rotatable bonds is 4. The SMILES string of the molecule is CCC(=O)NC1CCN(c2ccccc2C(=O)NC(C)(C)C)CC1. The average molecular weight is 331 g/mol. The van der Waals surface area contributed by atoms with Crippen LogP contribution < -0.4 is 15.5 Å². The summed E-state index contributed by atoms with van der Waals surface area (Å²) in [4.78, 5) is 26.4. The summed E-state index contributed by atoms with van der Waals surface area (Å²) in [6.45, 7) is 9.50. The predicted molar refractivity (Wildman–Crippen MR) is 97.3 cm³/mol. The van der Waals surface area contributed by atoms with Gasteiger partial charge in [-0.25, -0.2) is 0 Å². The van der Waals surface area contributed by atoms with Gasteiger partial charge in [0, 0.05) is 36.8 Å². The molecule has 1 heterocycles. The van der Waals surface area contributed by atoms with Gasteiger partial charge >= 0.3 is 0 Å². The lowest BCUT2D eigenvalue weighted by molar-refractivity contribution is -0.121. The molecule has 1 aromatic carbocycles. The highest BCUT2D eigenvalue weighted by Gasteiger charge is 2.24. The van der Waals surface area contributed by atoms with Gasteiger partial charge in [-0.15, -0.1) is 0 Å². The number of piperidine rings is 1. The highest BCUT2D eigenvalue weighted by atomic mass is 16.2. The van der Waals surface area contributed by atoms with Crippen molar-refractivity contribution in [1.82, 2.24) is 10.6 Å². The minimum absolute atomic E-state index is 0.0421. The molecule has 1 aliphatic heterocycles. The maximum Gasteiger partial charge on any atom is 0.253 e. The minimum Gasteiger partial charge on any atom is -0.371 e. The molecule has 0 bridgehead atoms. The van der Waals surface area contributed by atoms with Crippen LogP contribution in [-0.2, 0) is 4.79 Å². The van der Waals surface area contributed by atoms with E-state index in [1.807, 2.05) is 52.0 Å². The Morgan fingerprint density at radius 3 is 2.38 bits per heavy atom. The smallest absolute Gasteiger partial charge is 0.253 e. The van der Waals surface area contributed by atoms with Gasteiger partial charge in [-0.2, -0.15) is 0 Å². The Morgan fingerprint density at radius 2 is 1.79 bits per heavy atom. The van der Waals surface area contributed by atoms with Crippen molar-refractivity contribution in [1.29, 1.82) is 0 Å². The van der Waals surface area contributed by atoms with Crippen molar-refractivity contribution in [2.45, 2.75) is 58.5 Å². The zero-order chi connectivity index (χ0) is 17.7. The monoisotopic (exact) mass is 331 g/mol. The van der Waals surface area contributed by atoms with E-state index in [1.54, 1.807) is 0 Å². The highest BCUT2D eigenvalue weighted by Crippen LogP contribution is 2.24. The Kier molecular flexibility index (Phi) is 5.86. The molecule has 0 radical (unpaired) electrons. The van der Waals surface area contributed by atoms with Crippen molar-refractivity contribution in [3.63, 3.8) is 0 Å². The second kappa shape index (κ2) is 7.69. The van der Waals surface area contributed by atoms with Crippen LogP contribution >= 0.6 is 0 Å². The van der Waals surface area contributed by atoms with Crippen LogP contribution in [0.15, 0.2) is 24.3 Å². The van der Waals surface area contributed by atoms with Crippen LogP contribution in [0.1, 0.15) is 57.3 Å². The lowest BCUT2D eigenvalue weighted by Gasteiger charge is -2.35. The number of nitrogens with one attached hydrogen (secondary N) is 2. The molecule has 0 aliphatic carbocycles. The fourth-order valence-electron chi connectivity index (χ4n) is 2.94. The van der Waals surface area contributed by atoms with Crippen molar-refractivity contribution in [3.05, 3.63) is 29.8 Å². The van der Waals surface area contributed by atoms with E-state index in [4.69, 9.17) is 0 Å². The molecule has 2 N–H and O–H groups in total. The Morgan fingerprint density at radius 1 is 1.17 bits per heavy atom. The lowest BCUT2D eigenvalue weighted by atomic mass is 10.0.